The van der Waals surface area contributed by atoms with Gasteiger partial charge >= 0.3 is 11.9 Å². The first kappa shape index (κ1) is 56.0. The van der Waals surface area contributed by atoms with Crippen molar-refractivity contribution in [1.82, 2.24) is 5.32 Å². The molecule has 0 unspecified atom stereocenters. The standard InChI is InChI=1S/C42H81NO15/c1-2-3-4-5-6-7-8-9-10-11-12-13-14-15-16-17-42(47)58-37-36-56-35-34-55-33-32-54-31-30-53-29-28-52-27-26-51-25-24-50-23-22-49-21-20-48-19-18-43-40(44)38-57-39-41(45)46/h2-39H2,1H3,(H,43,44)(H,45,46). The van der Waals surface area contributed by atoms with Gasteiger partial charge in [-0.15, -0.1) is 0 Å². The molecular formula is C42H81NO15. The molecule has 1 amide bonds. The predicted octanol–water partition coefficient (Wildman–Crippen LogP) is 5.16. The minimum absolute atomic E-state index is 0.140. The summed E-state index contributed by atoms with van der Waals surface area (Å²) < 4.78 is 59.0. The van der Waals surface area contributed by atoms with Crippen molar-refractivity contribution in [3.8, 4) is 0 Å². The number of hydrogen-bond acceptors (Lipinski definition) is 14. The summed E-state index contributed by atoms with van der Waals surface area (Å²) in [4.78, 5) is 33.6. The van der Waals surface area contributed by atoms with Crippen LogP contribution in [0.4, 0.5) is 0 Å². The second-order valence-electron chi connectivity index (χ2n) is 13.7. The molecule has 0 saturated carbocycles. The van der Waals surface area contributed by atoms with E-state index in [0.29, 0.717) is 132 Å². The van der Waals surface area contributed by atoms with E-state index in [-0.39, 0.29) is 19.2 Å². The number of carboxylic acids is 1. The third-order valence-corrected chi connectivity index (χ3v) is 8.48. The number of carboxylic acid groups (broad SMARTS) is 1. The smallest absolute Gasteiger partial charge is 0.329 e. The van der Waals surface area contributed by atoms with Crippen LogP contribution >= 0.6 is 0 Å². The highest BCUT2D eigenvalue weighted by Crippen LogP contribution is 2.14. The molecule has 0 atom stereocenters. The lowest BCUT2D eigenvalue weighted by Crippen LogP contribution is -2.31. The van der Waals surface area contributed by atoms with Crippen molar-refractivity contribution in [3.05, 3.63) is 0 Å². The topological polar surface area (TPSA) is 185 Å². The fourth-order valence-electron chi connectivity index (χ4n) is 5.33. The van der Waals surface area contributed by atoms with Crippen LogP contribution in [0.25, 0.3) is 0 Å². The van der Waals surface area contributed by atoms with E-state index in [0.717, 1.165) is 12.8 Å². The largest absolute Gasteiger partial charge is 0.480 e. The first-order valence-corrected chi connectivity index (χ1v) is 22.0. The van der Waals surface area contributed by atoms with Gasteiger partial charge in [-0.1, -0.05) is 96.8 Å². The van der Waals surface area contributed by atoms with E-state index in [2.05, 4.69) is 17.0 Å². The molecule has 0 radical (unpaired) electrons. The highest BCUT2D eigenvalue weighted by Gasteiger charge is 2.04. The summed E-state index contributed by atoms with van der Waals surface area (Å²) in [5.41, 5.74) is 0. The van der Waals surface area contributed by atoms with Gasteiger partial charge in [0.15, 0.2) is 0 Å². The molecule has 0 aliphatic heterocycles. The van der Waals surface area contributed by atoms with Gasteiger partial charge in [-0.2, -0.15) is 0 Å². The highest BCUT2D eigenvalue weighted by molar-refractivity contribution is 5.77. The maximum atomic E-state index is 11.9. The molecule has 0 fully saturated rings. The molecule has 0 aliphatic carbocycles. The van der Waals surface area contributed by atoms with Crippen molar-refractivity contribution in [2.75, 3.05) is 145 Å². The highest BCUT2D eigenvalue weighted by atomic mass is 16.6. The third kappa shape index (κ3) is 50.2. The van der Waals surface area contributed by atoms with Crippen LogP contribution < -0.4 is 5.32 Å². The summed E-state index contributed by atoms with van der Waals surface area (Å²) in [7, 11) is 0. The Bertz CT molecular complexity index is 871. The van der Waals surface area contributed by atoms with Gasteiger partial charge in [0.1, 0.15) is 19.8 Å². The van der Waals surface area contributed by atoms with Crippen molar-refractivity contribution in [1.29, 1.82) is 0 Å². The number of unbranched alkanes of at least 4 members (excludes halogenated alkanes) is 14. The predicted molar refractivity (Wildman–Crippen MR) is 219 cm³/mol. The number of aliphatic carboxylic acids is 1. The number of rotatable bonds is 50. The normalized spacial score (nSPS) is 11.3. The number of esters is 1. The SMILES string of the molecule is CCCCCCCCCCCCCCCCCC(=O)OCCOCCOCCOCCOCCOCCOCCOCCOCCOCCNC(=O)COCC(=O)O. The first-order valence-electron chi connectivity index (χ1n) is 22.0. The lowest BCUT2D eigenvalue weighted by atomic mass is 10.0. The number of carbonyl (C=O) groups excluding carboxylic acids is 2. The lowest BCUT2D eigenvalue weighted by molar-refractivity contribution is -0.146. The summed E-state index contributed by atoms with van der Waals surface area (Å²) in [5.74, 6) is -1.66. The molecular weight excluding hydrogens is 758 g/mol. The van der Waals surface area contributed by atoms with E-state index >= 15 is 0 Å². The van der Waals surface area contributed by atoms with E-state index in [9.17, 15) is 14.4 Å². The van der Waals surface area contributed by atoms with Crippen LogP contribution in [-0.2, 0) is 66.5 Å². The quantitative estimate of drug-likeness (QED) is 0.0605. The van der Waals surface area contributed by atoms with Crippen molar-refractivity contribution in [2.24, 2.45) is 0 Å². The maximum Gasteiger partial charge on any atom is 0.329 e. The van der Waals surface area contributed by atoms with Crippen molar-refractivity contribution < 1.29 is 71.6 Å². The fourth-order valence-corrected chi connectivity index (χ4v) is 5.33. The van der Waals surface area contributed by atoms with Crippen LogP contribution in [0.3, 0.4) is 0 Å². The van der Waals surface area contributed by atoms with Crippen LogP contribution in [0.1, 0.15) is 110 Å². The number of nitrogens with one attached hydrogen (secondary N) is 1. The molecule has 0 aromatic rings. The van der Waals surface area contributed by atoms with E-state index < -0.39 is 18.5 Å². The lowest BCUT2D eigenvalue weighted by Gasteiger charge is -2.09. The van der Waals surface area contributed by atoms with Crippen LogP contribution in [0.15, 0.2) is 0 Å². The molecule has 2 N–H and O–H groups in total. The summed E-state index contributed by atoms with van der Waals surface area (Å²) in [6.07, 6.45) is 20.1. The Balaban J connectivity index is 3.16. The molecule has 0 spiro atoms. The van der Waals surface area contributed by atoms with Gasteiger partial charge < -0.3 is 62.5 Å². The minimum Gasteiger partial charge on any atom is -0.480 e. The van der Waals surface area contributed by atoms with Crippen molar-refractivity contribution in [2.45, 2.75) is 110 Å². The zero-order valence-electron chi connectivity index (χ0n) is 36.0. The molecule has 0 heterocycles. The minimum atomic E-state index is -1.12. The van der Waals surface area contributed by atoms with Crippen LogP contribution in [0, 0.1) is 0 Å². The molecule has 0 rings (SSSR count). The van der Waals surface area contributed by atoms with Gasteiger partial charge in [0, 0.05) is 13.0 Å². The zero-order valence-corrected chi connectivity index (χ0v) is 36.0. The van der Waals surface area contributed by atoms with Gasteiger partial charge in [-0.25, -0.2) is 4.79 Å². The third-order valence-electron chi connectivity index (χ3n) is 8.48. The van der Waals surface area contributed by atoms with Crippen LogP contribution in [0.2, 0.25) is 0 Å². The Kier molecular flexibility index (Phi) is 47.7. The number of hydrogen-bond donors (Lipinski definition) is 2. The van der Waals surface area contributed by atoms with Gasteiger partial charge in [-0.3, -0.25) is 9.59 Å². The molecule has 344 valence electrons. The van der Waals surface area contributed by atoms with E-state index in [1.165, 1.54) is 83.5 Å². The maximum absolute atomic E-state index is 11.9. The average molecular weight is 840 g/mol. The summed E-state index contributed by atoms with van der Waals surface area (Å²) in [5, 5.41) is 11.0. The van der Waals surface area contributed by atoms with E-state index in [4.69, 9.17) is 52.5 Å². The van der Waals surface area contributed by atoms with Gasteiger partial charge in [0.2, 0.25) is 5.91 Å². The molecule has 16 heteroatoms. The van der Waals surface area contributed by atoms with Gasteiger partial charge in [0.05, 0.1) is 119 Å². The Labute approximate surface area is 349 Å². The number of amides is 1. The second-order valence-corrected chi connectivity index (χ2v) is 13.7. The Morgan fingerprint density at radius 1 is 0.379 bits per heavy atom. The zero-order chi connectivity index (χ0) is 42.1. The Morgan fingerprint density at radius 3 is 1.03 bits per heavy atom. The van der Waals surface area contributed by atoms with Crippen LogP contribution in [-0.4, -0.2) is 168 Å². The molecule has 0 aromatic carbocycles. The molecule has 0 aromatic heterocycles. The molecule has 0 bridgehead atoms. The van der Waals surface area contributed by atoms with Gasteiger partial charge in [-0.05, 0) is 6.42 Å². The molecule has 0 aliphatic rings. The first-order chi connectivity index (χ1) is 28.6. The molecule has 16 nitrogen and oxygen atoms in total. The fraction of sp³-hybridized carbons (Fsp3) is 0.929. The Morgan fingerprint density at radius 2 is 0.690 bits per heavy atom. The Hall–Kier alpha value is -1.99. The molecule has 0 saturated heterocycles. The van der Waals surface area contributed by atoms with E-state index in [1.807, 2.05) is 0 Å². The number of ether oxygens (including phenoxy) is 11. The average Bonchev–Trinajstić information content (AvgIpc) is 3.21. The summed E-state index contributed by atoms with van der Waals surface area (Å²) in [6, 6.07) is 0. The van der Waals surface area contributed by atoms with Crippen molar-refractivity contribution >= 4 is 17.8 Å². The number of carbonyl (C=O) groups is 3. The summed E-state index contributed by atoms with van der Waals surface area (Å²) >= 11 is 0. The molecule has 58 heavy (non-hydrogen) atoms. The van der Waals surface area contributed by atoms with Gasteiger partial charge in [0.25, 0.3) is 0 Å². The second kappa shape index (κ2) is 49.4. The monoisotopic (exact) mass is 840 g/mol. The summed E-state index contributed by atoms with van der Waals surface area (Å²) in [6.45, 7) is 9.96. The van der Waals surface area contributed by atoms with E-state index in [1.54, 1.807) is 0 Å². The van der Waals surface area contributed by atoms with Crippen LogP contribution in [0.5, 0.6) is 0 Å². The van der Waals surface area contributed by atoms with Crippen molar-refractivity contribution in [3.63, 3.8) is 0 Å².